The van der Waals surface area contributed by atoms with Crippen LogP contribution in [0.4, 0.5) is 4.79 Å². The standard InChI is InChI=1S/C7H11N3OS/c11-7(9-2-1-5-12)10-4-3-8-6-10/h3-4,6,12H,1-2,5H2,(H,9,11). The van der Waals surface area contributed by atoms with Crippen LogP contribution in [0.15, 0.2) is 18.7 Å². The lowest BCUT2D eigenvalue weighted by Gasteiger charge is -2.02. The Morgan fingerprint density at radius 3 is 3.08 bits per heavy atom. The fourth-order valence-corrected chi connectivity index (χ4v) is 0.903. The van der Waals surface area contributed by atoms with Crippen LogP contribution in [0.25, 0.3) is 0 Å². The van der Waals surface area contributed by atoms with E-state index in [2.05, 4.69) is 22.9 Å². The van der Waals surface area contributed by atoms with Crippen molar-refractivity contribution in [2.24, 2.45) is 0 Å². The van der Waals surface area contributed by atoms with E-state index in [0.717, 1.165) is 12.2 Å². The minimum atomic E-state index is -0.144. The summed E-state index contributed by atoms with van der Waals surface area (Å²) in [5, 5.41) is 2.72. The highest BCUT2D eigenvalue weighted by molar-refractivity contribution is 7.80. The summed E-state index contributed by atoms with van der Waals surface area (Å²) in [6.45, 7) is 0.653. The topological polar surface area (TPSA) is 46.9 Å². The minimum absolute atomic E-state index is 0.144. The van der Waals surface area contributed by atoms with Crippen LogP contribution < -0.4 is 5.32 Å². The van der Waals surface area contributed by atoms with Gasteiger partial charge in [0.2, 0.25) is 0 Å². The van der Waals surface area contributed by atoms with Gasteiger partial charge in [-0.2, -0.15) is 12.6 Å². The Labute approximate surface area is 76.4 Å². The molecule has 1 rings (SSSR count). The van der Waals surface area contributed by atoms with Crippen LogP contribution in [-0.4, -0.2) is 27.9 Å². The average Bonchev–Trinajstić information content (AvgIpc) is 2.56. The van der Waals surface area contributed by atoms with Gasteiger partial charge in [-0.1, -0.05) is 0 Å². The number of carbonyl (C=O) groups is 1. The van der Waals surface area contributed by atoms with Crippen LogP contribution in [0, 0.1) is 0 Å². The molecule has 0 aliphatic heterocycles. The fraction of sp³-hybridized carbons (Fsp3) is 0.429. The quantitative estimate of drug-likeness (QED) is 0.539. The van der Waals surface area contributed by atoms with Crippen molar-refractivity contribution in [3.63, 3.8) is 0 Å². The maximum Gasteiger partial charge on any atom is 0.326 e. The fourth-order valence-electron chi connectivity index (χ4n) is 0.745. The van der Waals surface area contributed by atoms with Crippen LogP contribution in [-0.2, 0) is 0 Å². The van der Waals surface area contributed by atoms with Crippen molar-refractivity contribution in [2.45, 2.75) is 6.42 Å². The second kappa shape index (κ2) is 4.82. The summed E-state index contributed by atoms with van der Waals surface area (Å²) in [6.07, 6.45) is 5.52. The first-order valence-corrected chi connectivity index (χ1v) is 4.35. The molecule has 5 heteroatoms. The number of aromatic nitrogens is 2. The number of nitrogens with one attached hydrogen (secondary N) is 1. The highest BCUT2D eigenvalue weighted by Gasteiger charge is 1.99. The molecular weight excluding hydrogens is 174 g/mol. The van der Waals surface area contributed by atoms with Gasteiger partial charge in [0.15, 0.2) is 0 Å². The Morgan fingerprint density at radius 1 is 1.67 bits per heavy atom. The maximum atomic E-state index is 11.2. The number of rotatable bonds is 3. The van der Waals surface area contributed by atoms with Gasteiger partial charge in [0.05, 0.1) is 0 Å². The van der Waals surface area contributed by atoms with E-state index in [9.17, 15) is 4.79 Å². The van der Waals surface area contributed by atoms with Crippen LogP contribution in [0.5, 0.6) is 0 Å². The predicted octanol–water partition coefficient (Wildman–Crippen LogP) is 0.761. The molecule has 12 heavy (non-hydrogen) atoms. The van der Waals surface area contributed by atoms with Crippen molar-refractivity contribution in [1.82, 2.24) is 14.9 Å². The van der Waals surface area contributed by atoms with Crippen LogP contribution in [0.2, 0.25) is 0 Å². The molecule has 0 atom stereocenters. The molecule has 1 N–H and O–H groups in total. The molecule has 0 unspecified atom stereocenters. The number of nitrogens with zero attached hydrogens (tertiary/aromatic N) is 2. The zero-order valence-electron chi connectivity index (χ0n) is 6.60. The SMILES string of the molecule is O=C(NCCCS)n1ccnc1. The molecule has 0 aromatic carbocycles. The normalized spacial score (nSPS) is 9.75. The van der Waals surface area contributed by atoms with Crippen molar-refractivity contribution in [3.8, 4) is 0 Å². The van der Waals surface area contributed by atoms with E-state index >= 15 is 0 Å². The molecule has 1 amide bonds. The third kappa shape index (κ3) is 2.58. The monoisotopic (exact) mass is 185 g/mol. The Bertz CT molecular complexity index is 235. The lowest BCUT2D eigenvalue weighted by atomic mass is 10.5. The molecule has 0 fully saturated rings. The second-order valence-corrected chi connectivity index (χ2v) is 2.73. The first-order valence-electron chi connectivity index (χ1n) is 3.71. The first-order chi connectivity index (χ1) is 5.84. The van der Waals surface area contributed by atoms with Gasteiger partial charge < -0.3 is 5.32 Å². The molecule has 4 nitrogen and oxygen atoms in total. The summed E-state index contributed by atoms with van der Waals surface area (Å²) in [7, 11) is 0. The second-order valence-electron chi connectivity index (χ2n) is 2.28. The number of hydrogen-bond donors (Lipinski definition) is 2. The van der Waals surface area contributed by atoms with Gasteiger partial charge in [0, 0.05) is 18.9 Å². The van der Waals surface area contributed by atoms with Crippen molar-refractivity contribution in [2.75, 3.05) is 12.3 Å². The van der Waals surface area contributed by atoms with Crippen LogP contribution >= 0.6 is 12.6 Å². The number of hydrogen-bond acceptors (Lipinski definition) is 3. The molecule has 0 aliphatic carbocycles. The number of imidazole rings is 1. The molecule has 1 aromatic rings. The zero-order valence-corrected chi connectivity index (χ0v) is 7.50. The Kier molecular flexibility index (Phi) is 3.66. The average molecular weight is 185 g/mol. The molecule has 0 radical (unpaired) electrons. The van der Waals surface area contributed by atoms with E-state index in [1.165, 1.54) is 10.9 Å². The Morgan fingerprint density at radius 2 is 2.50 bits per heavy atom. The Balaban J connectivity index is 2.30. The lowest BCUT2D eigenvalue weighted by Crippen LogP contribution is -2.28. The van der Waals surface area contributed by atoms with Gasteiger partial charge in [0.1, 0.15) is 6.33 Å². The molecule has 0 saturated carbocycles. The number of thiol groups is 1. The molecule has 0 bridgehead atoms. The summed E-state index contributed by atoms with van der Waals surface area (Å²) < 4.78 is 1.40. The van der Waals surface area contributed by atoms with Gasteiger partial charge in [-0.05, 0) is 12.2 Å². The molecule has 1 aromatic heterocycles. The number of amides is 1. The van der Waals surface area contributed by atoms with Gasteiger partial charge in [-0.25, -0.2) is 9.78 Å². The van der Waals surface area contributed by atoms with E-state index in [1.54, 1.807) is 12.4 Å². The summed E-state index contributed by atoms with van der Waals surface area (Å²) in [6, 6.07) is -0.144. The molecule has 0 spiro atoms. The van der Waals surface area contributed by atoms with Gasteiger partial charge in [0.25, 0.3) is 0 Å². The van der Waals surface area contributed by atoms with Crippen molar-refractivity contribution in [1.29, 1.82) is 0 Å². The maximum absolute atomic E-state index is 11.2. The largest absolute Gasteiger partial charge is 0.337 e. The van der Waals surface area contributed by atoms with Gasteiger partial charge in [-0.3, -0.25) is 4.57 Å². The molecule has 0 aliphatic rings. The van der Waals surface area contributed by atoms with E-state index in [1.807, 2.05) is 0 Å². The molecular formula is C7H11N3OS. The Hall–Kier alpha value is -0.970. The third-order valence-electron chi connectivity index (χ3n) is 1.35. The third-order valence-corrected chi connectivity index (χ3v) is 1.67. The predicted molar refractivity (Wildman–Crippen MR) is 49.5 cm³/mol. The summed E-state index contributed by atoms with van der Waals surface area (Å²) in [5.41, 5.74) is 0. The van der Waals surface area contributed by atoms with Crippen molar-refractivity contribution < 1.29 is 4.79 Å². The first kappa shape index (κ1) is 9.12. The number of carbonyl (C=O) groups excluding carboxylic acids is 1. The summed E-state index contributed by atoms with van der Waals surface area (Å²) in [4.78, 5) is 14.9. The van der Waals surface area contributed by atoms with E-state index < -0.39 is 0 Å². The lowest BCUT2D eigenvalue weighted by molar-refractivity contribution is 0.242. The van der Waals surface area contributed by atoms with Crippen molar-refractivity contribution >= 4 is 18.7 Å². The highest BCUT2D eigenvalue weighted by Crippen LogP contribution is 1.85. The van der Waals surface area contributed by atoms with E-state index in [0.29, 0.717) is 6.54 Å². The van der Waals surface area contributed by atoms with Crippen molar-refractivity contribution in [3.05, 3.63) is 18.7 Å². The van der Waals surface area contributed by atoms with E-state index in [4.69, 9.17) is 0 Å². The highest BCUT2D eigenvalue weighted by atomic mass is 32.1. The minimum Gasteiger partial charge on any atom is -0.337 e. The summed E-state index contributed by atoms with van der Waals surface area (Å²) >= 11 is 4.03. The summed E-state index contributed by atoms with van der Waals surface area (Å²) in [5.74, 6) is 0.782. The molecule has 1 heterocycles. The smallest absolute Gasteiger partial charge is 0.326 e. The van der Waals surface area contributed by atoms with E-state index in [-0.39, 0.29) is 6.03 Å². The van der Waals surface area contributed by atoms with Crippen LogP contribution in [0.1, 0.15) is 6.42 Å². The molecule has 0 saturated heterocycles. The molecule has 66 valence electrons. The zero-order chi connectivity index (χ0) is 8.81. The van der Waals surface area contributed by atoms with Gasteiger partial charge >= 0.3 is 6.03 Å². The van der Waals surface area contributed by atoms with Gasteiger partial charge in [-0.15, -0.1) is 0 Å². The van der Waals surface area contributed by atoms with Crippen LogP contribution in [0.3, 0.4) is 0 Å².